The zero-order valence-electron chi connectivity index (χ0n) is 26.1. The second-order valence-corrected chi connectivity index (χ2v) is 10.5. The van der Waals surface area contributed by atoms with Gasteiger partial charge in [-0.15, -0.1) is 0 Å². The maximum atomic E-state index is 13.9. The first-order valence-corrected chi connectivity index (χ1v) is 14.7. The second-order valence-electron chi connectivity index (χ2n) is 10.5. The molecule has 1 heterocycles. The molecular weight excluding hydrogens is 596 g/mol. The van der Waals surface area contributed by atoms with Gasteiger partial charge in [-0.3, -0.25) is 24.0 Å². The summed E-state index contributed by atoms with van der Waals surface area (Å²) < 4.78 is 11.9. The van der Waals surface area contributed by atoms with E-state index in [4.69, 9.17) is 26.2 Å². The minimum atomic E-state index is -1.26. The number of nitrogens with two attached hydrogens (primary N) is 2. The average molecular weight is 637 g/mol. The molecule has 2 aromatic rings. The van der Waals surface area contributed by atoms with Crippen molar-refractivity contribution in [3.63, 3.8) is 0 Å². The molecule has 1 aliphatic heterocycles. The van der Waals surface area contributed by atoms with Crippen LogP contribution in [0.15, 0.2) is 36.4 Å². The van der Waals surface area contributed by atoms with E-state index < -0.39 is 47.7 Å². The maximum Gasteiger partial charge on any atom is 0.248 e. The van der Waals surface area contributed by atoms with E-state index in [1.807, 2.05) is 6.07 Å². The first-order valence-electron chi connectivity index (χ1n) is 14.7. The zero-order chi connectivity index (χ0) is 33.8. The molecule has 4 bridgehead atoms. The molecule has 3 rings (SSSR count). The molecule has 15 heteroatoms. The first-order chi connectivity index (χ1) is 22.0. The first kappa shape index (κ1) is 35.3. The molecule has 5 amide bonds. The quantitative estimate of drug-likeness (QED) is 0.162. The molecule has 0 spiro atoms. The van der Waals surface area contributed by atoms with E-state index in [9.17, 15) is 24.0 Å². The third-order valence-corrected chi connectivity index (χ3v) is 7.09. The molecule has 46 heavy (non-hydrogen) atoms. The lowest BCUT2D eigenvalue weighted by Gasteiger charge is -2.30. The van der Waals surface area contributed by atoms with Crippen LogP contribution in [0.25, 0.3) is 11.1 Å². The van der Waals surface area contributed by atoms with Crippen molar-refractivity contribution in [2.24, 2.45) is 11.5 Å². The summed E-state index contributed by atoms with van der Waals surface area (Å²) in [5.41, 5.74) is 13.5. The monoisotopic (exact) mass is 636 g/mol. The third-order valence-electron chi connectivity index (χ3n) is 7.09. The largest absolute Gasteiger partial charge is 0.492 e. The van der Waals surface area contributed by atoms with Crippen molar-refractivity contribution in [3.05, 3.63) is 47.5 Å². The Kier molecular flexibility index (Phi) is 12.9. The topological polar surface area (TPSA) is 231 Å². The van der Waals surface area contributed by atoms with Crippen LogP contribution >= 0.6 is 0 Å². The number of rotatable bonds is 11. The van der Waals surface area contributed by atoms with Gasteiger partial charge in [0, 0.05) is 44.6 Å². The molecule has 0 fully saturated rings. The number of carbonyl (C=O) groups excluding carboxylic acids is 5. The molecule has 8 N–H and O–H groups in total. The number of amides is 5. The van der Waals surface area contributed by atoms with Crippen molar-refractivity contribution >= 4 is 29.5 Å². The predicted molar refractivity (Wildman–Crippen MR) is 167 cm³/mol. The normalized spacial score (nSPS) is 17.7. The van der Waals surface area contributed by atoms with Crippen LogP contribution in [-0.4, -0.2) is 93.0 Å². The van der Waals surface area contributed by atoms with E-state index >= 15 is 0 Å². The highest BCUT2D eigenvalue weighted by atomic mass is 16.5. The maximum absolute atomic E-state index is 13.9. The van der Waals surface area contributed by atoms with Crippen LogP contribution in [0.4, 0.5) is 0 Å². The van der Waals surface area contributed by atoms with E-state index in [0.717, 1.165) is 0 Å². The summed E-state index contributed by atoms with van der Waals surface area (Å²) in [4.78, 5) is 66.0. The SMILES string of the molecule is CC(=O)NCC(=O)N(C)[C@@H]1C(=O)N[C@@H](C)C(=O)N[C@H](C(=O)NCC#N)Cc2ccc(OCCN)c(c2)-c2cc1ccc2OCCN. The van der Waals surface area contributed by atoms with Gasteiger partial charge < -0.3 is 47.1 Å². The van der Waals surface area contributed by atoms with Gasteiger partial charge in [-0.1, -0.05) is 12.1 Å². The lowest BCUT2D eigenvalue weighted by molar-refractivity contribution is -0.140. The average Bonchev–Trinajstić information content (AvgIpc) is 3.03. The summed E-state index contributed by atoms with van der Waals surface area (Å²) >= 11 is 0. The van der Waals surface area contributed by atoms with Crippen LogP contribution in [0.1, 0.15) is 31.0 Å². The van der Waals surface area contributed by atoms with Crippen LogP contribution in [0.2, 0.25) is 0 Å². The van der Waals surface area contributed by atoms with E-state index in [1.165, 1.54) is 25.8 Å². The molecule has 0 unspecified atom stereocenters. The zero-order valence-corrected chi connectivity index (χ0v) is 26.1. The van der Waals surface area contributed by atoms with Crippen molar-refractivity contribution in [1.82, 2.24) is 26.2 Å². The number of fused-ring (bicyclic) bond motifs is 5. The van der Waals surface area contributed by atoms with Crippen molar-refractivity contribution < 1.29 is 33.4 Å². The van der Waals surface area contributed by atoms with Crippen LogP contribution in [0, 0.1) is 11.3 Å². The second kappa shape index (κ2) is 16.8. The molecule has 1 aliphatic rings. The van der Waals surface area contributed by atoms with Gasteiger partial charge >= 0.3 is 0 Å². The summed E-state index contributed by atoms with van der Waals surface area (Å²) in [6.45, 7) is 2.88. The van der Waals surface area contributed by atoms with Gasteiger partial charge in [-0.2, -0.15) is 5.26 Å². The molecule has 0 aromatic heterocycles. The van der Waals surface area contributed by atoms with E-state index in [1.54, 1.807) is 36.4 Å². The van der Waals surface area contributed by atoms with Gasteiger partial charge in [0.1, 0.15) is 49.4 Å². The van der Waals surface area contributed by atoms with Gasteiger partial charge in [-0.25, -0.2) is 0 Å². The Labute approximate surface area is 266 Å². The lowest BCUT2D eigenvalue weighted by Crippen LogP contribution is -2.55. The number of nitrogens with zero attached hydrogens (tertiary/aromatic N) is 2. The molecule has 3 atom stereocenters. The van der Waals surface area contributed by atoms with E-state index in [0.29, 0.717) is 33.8 Å². The van der Waals surface area contributed by atoms with Crippen LogP contribution < -0.4 is 42.2 Å². The highest BCUT2D eigenvalue weighted by molar-refractivity contribution is 5.95. The molecule has 0 aliphatic carbocycles. The molecule has 246 valence electrons. The Balaban J connectivity index is 2.28. The minimum absolute atomic E-state index is 0.0372. The number of carbonyl (C=O) groups is 5. The molecule has 15 nitrogen and oxygen atoms in total. The highest BCUT2D eigenvalue weighted by Crippen LogP contribution is 2.40. The standard InChI is InChI=1S/C31H40N8O7/c1-18-29(42)38-24(30(43)35-11-8-32)15-20-4-6-25(45-12-9-33)22(14-20)23-16-21(5-7-26(23)46-13-10-34)28(31(44)37-18)39(3)27(41)17-36-19(2)40/h4-7,14,16,18,24,28H,9-13,15,17,33-34H2,1-3H3,(H,35,43)(H,36,40)(H,37,44)(H,38,42)/t18-,24-,28-/m0/s1. The van der Waals surface area contributed by atoms with Gasteiger partial charge in [0.25, 0.3) is 0 Å². The smallest absolute Gasteiger partial charge is 0.248 e. The molecule has 0 saturated carbocycles. The summed E-state index contributed by atoms with van der Waals surface area (Å²) in [6.07, 6.45) is 0.0372. The fraction of sp³-hybridized carbons (Fsp3) is 0.419. The summed E-state index contributed by atoms with van der Waals surface area (Å²) in [5.74, 6) is -2.11. The van der Waals surface area contributed by atoms with Gasteiger partial charge in [-0.05, 0) is 42.3 Å². The highest BCUT2D eigenvalue weighted by Gasteiger charge is 2.33. The Morgan fingerprint density at radius 3 is 2.22 bits per heavy atom. The Morgan fingerprint density at radius 1 is 0.978 bits per heavy atom. The van der Waals surface area contributed by atoms with Crippen LogP contribution in [0.5, 0.6) is 11.5 Å². The van der Waals surface area contributed by atoms with Crippen molar-refractivity contribution in [3.8, 4) is 28.7 Å². The number of benzene rings is 2. The summed E-state index contributed by atoms with van der Waals surface area (Å²) in [6, 6.07) is 8.51. The Hall–Kier alpha value is -5.20. The minimum Gasteiger partial charge on any atom is -0.492 e. The molecule has 2 aromatic carbocycles. The number of ether oxygens (including phenoxy) is 2. The number of nitriles is 1. The predicted octanol–water partition coefficient (Wildman–Crippen LogP) is -1.15. The van der Waals surface area contributed by atoms with Crippen LogP contribution in [-0.2, 0) is 30.4 Å². The van der Waals surface area contributed by atoms with Gasteiger partial charge in [0.2, 0.25) is 29.5 Å². The molecular formula is C31H40N8O7. The lowest BCUT2D eigenvalue weighted by atomic mass is 9.93. The van der Waals surface area contributed by atoms with Gasteiger partial charge in [0.15, 0.2) is 0 Å². The third kappa shape index (κ3) is 9.16. The van der Waals surface area contributed by atoms with Crippen molar-refractivity contribution in [1.29, 1.82) is 5.26 Å². The van der Waals surface area contributed by atoms with Crippen molar-refractivity contribution in [2.45, 2.75) is 38.4 Å². The fourth-order valence-corrected chi connectivity index (χ4v) is 4.80. The number of likely N-dealkylation sites (N-methyl/N-ethyl adjacent to an activating group) is 1. The number of hydrogen-bond donors (Lipinski definition) is 6. The Morgan fingerprint density at radius 2 is 1.61 bits per heavy atom. The summed E-state index contributed by atoms with van der Waals surface area (Å²) in [5, 5.41) is 19.2. The number of nitrogens with one attached hydrogen (secondary N) is 4. The fourth-order valence-electron chi connectivity index (χ4n) is 4.80. The van der Waals surface area contributed by atoms with E-state index in [2.05, 4.69) is 21.3 Å². The molecule has 0 saturated heterocycles. The van der Waals surface area contributed by atoms with Crippen LogP contribution in [0.3, 0.4) is 0 Å². The molecule has 0 radical (unpaired) electrons. The number of hydrogen-bond acceptors (Lipinski definition) is 10. The summed E-state index contributed by atoms with van der Waals surface area (Å²) in [7, 11) is 1.41. The van der Waals surface area contributed by atoms with Crippen molar-refractivity contribution in [2.75, 3.05) is 46.4 Å². The van der Waals surface area contributed by atoms with Gasteiger partial charge in [0.05, 0.1) is 12.6 Å². The van der Waals surface area contributed by atoms with E-state index in [-0.39, 0.29) is 45.8 Å². The Bertz CT molecular complexity index is 1490.